The molecule has 0 radical (unpaired) electrons. The highest BCUT2D eigenvalue weighted by Gasteiger charge is 2.22. The van der Waals surface area contributed by atoms with Crippen LogP contribution in [0, 0.1) is 10.1 Å². The second-order valence-electron chi connectivity index (χ2n) is 4.50. The molecule has 21 heavy (non-hydrogen) atoms. The lowest BCUT2D eigenvalue weighted by Crippen LogP contribution is -2.26. The number of carboxylic acid groups (broad SMARTS) is 1. The van der Waals surface area contributed by atoms with Gasteiger partial charge in [0.15, 0.2) is 0 Å². The third-order valence-corrected chi connectivity index (χ3v) is 3.17. The van der Waals surface area contributed by atoms with Gasteiger partial charge in [-0.25, -0.2) is 4.79 Å². The summed E-state index contributed by atoms with van der Waals surface area (Å²) in [5.74, 6) is -1.28. The predicted octanol–water partition coefficient (Wildman–Crippen LogP) is 3.17. The fourth-order valence-electron chi connectivity index (χ4n) is 1.96. The molecule has 0 aliphatic heterocycles. The minimum Gasteiger partial charge on any atom is -0.478 e. The van der Waals surface area contributed by atoms with Crippen LogP contribution in [0.4, 0.5) is 11.4 Å². The largest absolute Gasteiger partial charge is 0.478 e. The second-order valence-corrected chi connectivity index (χ2v) is 4.90. The van der Waals surface area contributed by atoms with E-state index in [4.69, 9.17) is 16.3 Å². The summed E-state index contributed by atoms with van der Waals surface area (Å²) in [6, 6.07) is 2.00. The van der Waals surface area contributed by atoms with Gasteiger partial charge in [0.1, 0.15) is 0 Å². The highest BCUT2D eigenvalue weighted by Crippen LogP contribution is 2.32. The SMILES string of the molecule is CCCC(COC)Nc1c(Cl)cc([N+](=O)[O-])cc1C(=O)O. The van der Waals surface area contributed by atoms with E-state index in [1.807, 2.05) is 6.92 Å². The van der Waals surface area contributed by atoms with Crippen LogP contribution in [0.3, 0.4) is 0 Å². The Morgan fingerprint density at radius 3 is 2.71 bits per heavy atom. The molecule has 1 atom stereocenters. The third-order valence-electron chi connectivity index (χ3n) is 2.87. The molecule has 0 aliphatic carbocycles. The van der Waals surface area contributed by atoms with Crippen LogP contribution in [0.2, 0.25) is 5.02 Å². The lowest BCUT2D eigenvalue weighted by atomic mass is 10.1. The topological polar surface area (TPSA) is 102 Å². The summed E-state index contributed by atoms with van der Waals surface area (Å²) in [5.41, 5.74) is -0.418. The smallest absolute Gasteiger partial charge is 0.338 e. The normalized spacial score (nSPS) is 12.0. The Morgan fingerprint density at radius 2 is 2.24 bits per heavy atom. The van der Waals surface area contributed by atoms with Gasteiger partial charge in [0, 0.05) is 25.3 Å². The molecule has 7 nitrogen and oxygen atoms in total. The van der Waals surface area contributed by atoms with Gasteiger partial charge in [-0.15, -0.1) is 0 Å². The van der Waals surface area contributed by atoms with Crippen molar-refractivity contribution >= 4 is 28.9 Å². The van der Waals surface area contributed by atoms with E-state index >= 15 is 0 Å². The molecular formula is C13H17ClN2O5. The van der Waals surface area contributed by atoms with E-state index in [1.165, 1.54) is 0 Å². The van der Waals surface area contributed by atoms with Gasteiger partial charge in [0.2, 0.25) is 0 Å². The molecule has 0 bridgehead atoms. The number of methoxy groups -OCH3 is 1. The molecule has 1 unspecified atom stereocenters. The van der Waals surface area contributed by atoms with E-state index in [0.717, 1.165) is 25.0 Å². The van der Waals surface area contributed by atoms with Gasteiger partial charge in [-0.05, 0) is 6.42 Å². The van der Waals surface area contributed by atoms with Crippen molar-refractivity contribution in [3.05, 3.63) is 32.8 Å². The average molecular weight is 317 g/mol. The summed E-state index contributed by atoms with van der Waals surface area (Å²) in [6.07, 6.45) is 1.62. The van der Waals surface area contributed by atoms with Crippen LogP contribution in [0.1, 0.15) is 30.1 Å². The number of nitrogens with one attached hydrogen (secondary N) is 1. The Kier molecular flexibility index (Phi) is 6.39. The number of aromatic carboxylic acids is 1. The molecule has 8 heteroatoms. The van der Waals surface area contributed by atoms with Gasteiger partial charge in [0.05, 0.1) is 27.8 Å². The number of halogens is 1. The van der Waals surface area contributed by atoms with E-state index in [-0.39, 0.29) is 28.0 Å². The number of carboxylic acids is 1. The van der Waals surface area contributed by atoms with Crippen LogP contribution in [-0.2, 0) is 4.74 Å². The number of hydrogen-bond donors (Lipinski definition) is 2. The standard InChI is InChI=1S/C13H17ClN2O5/c1-3-4-8(7-21-2)15-12-10(13(17)18)5-9(16(19)20)6-11(12)14/h5-6,8,15H,3-4,7H2,1-2H3,(H,17,18). The minimum absolute atomic E-state index is 0.00111. The summed E-state index contributed by atoms with van der Waals surface area (Å²) in [5, 5.41) is 23.0. The molecule has 2 N–H and O–H groups in total. The van der Waals surface area contributed by atoms with Gasteiger partial charge < -0.3 is 15.2 Å². The van der Waals surface area contributed by atoms with Crippen molar-refractivity contribution in [1.82, 2.24) is 0 Å². The number of benzene rings is 1. The number of anilines is 1. The Bertz CT molecular complexity index is 530. The summed E-state index contributed by atoms with van der Waals surface area (Å²) in [4.78, 5) is 21.4. The van der Waals surface area contributed by atoms with Crippen molar-refractivity contribution in [1.29, 1.82) is 0 Å². The molecule has 1 aromatic rings. The van der Waals surface area contributed by atoms with Crippen LogP contribution in [-0.4, -0.2) is 35.8 Å². The van der Waals surface area contributed by atoms with E-state index < -0.39 is 10.9 Å². The van der Waals surface area contributed by atoms with Crippen molar-refractivity contribution < 1.29 is 19.6 Å². The lowest BCUT2D eigenvalue weighted by molar-refractivity contribution is -0.384. The van der Waals surface area contributed by atoms with Crippen molar-refractivity contribution in [2.24, 2.45) is 0 Å². The predicted molar refractivity (Wildman–Crippen MR) is 79.3 cm³/mol. The number of hydrogen-bond acceptors (Lipinski definition) is 5. The van der Waals surface area contributed by atoms with Crippen LogP contribution < -0.4 is 5.32 Å². The zero-order valence-corrected chi connectivity index (χ0v) is 12.5. The fourth-order valence-corrected chi connectivity index (χ4v) is 2.23. The van der Waals surface area contributed by atoms with Crippen LogP contribution >= 0.6 is 11.6 Å². The minimum atomic E-state index is -1.28. The first-order valence-electron chi connectivity index (χ1n) is 6.37. The van der Waals surface area contributed by atoms with E-state index in [9.17, 15) is 20.0 Å². The zero-order valence-electron chi connectivity index (χ0n) is 11.8. The number of nitro groups is 1. The van der Waals surface area contributed by atoms with Crippen molar-refractivity contribution in [3.63, 3.8) is 0 Å². The highest BCUT2D eigenvalue weighted by molar-refractivity contribution is 6.34. The number of carbonyl (C=O) groups is 1. The van der Waals surface area contributed by atoms with Crippen LogP contribution in [0.5, 0.6) is 0 Å². The first-order chi connectivity index (χ1) is 9.90. The maximum Gasteiger partial charge on any atom is 0.338 e. The van der Waals surface area contributed by atoms with E-state index in [0.29, 0.717) is 6.61 Å². The number of ether oxygens (including phenoxy) is 1. The molecule has 0 heterocycles. The summed E-state index contributed by atoms with van der Waals surface area (Å²) in [6.45, 7) is 2.36. The first kappa shape index (κ1) is 17.2. The molecular weight excluding hydrogens is 300 g/mol. The highest BCUT2D eigenvalue weighted by atomic mass is 35.5. The molecule has 0 fully saturated rings. The average Bonchev–Trinajstić information content (AvgIpc) is 2.40. The molecule has 0 spiro atoms. The van der Waals surface area contributed by atoms with Gasteiger partial charge in [-0.3, -0.25) is 10.1 Å². The number of non-ortho nitro benzene ring substituents is 1. The van der Waals surface area contributed by atoms with Gasteiger partial charge in [0.25, 0.3) is 5.69 Å². The zero-order chi connectivity index (χ0) is 16.0. The molecule has 0 amide bonds. The molecule has 116 valence electrons. The summed E-state index contributed by atoms with van der Waals surface area (Å²) in [7, 11) is 1.54. The Morgan fingerprint density at radius 1 is 1.57 bits per heavy atom. The van der Waals surface area contributed by atoms with Gasteiger partial charge >= 0.3 is 5.97 Å². The molecule has 0 saturated carbocycles. The van der Waals surface area contributed by atoms with Gasteiger partial charge in [-0.1, -0.05) is 24.9 Å². The first-order valence-corrected chi connectivity index (χ1v) is 6.75. The van der Waals surface area contributed by atoms with Crippen molar-refractivity contribution in [2.45, 2.75) is 25.8 Å². The monoisotopic (exact) mass is 316 g/mol. The van der Waals surface area contributed by atoms with E-state index in [1.54, 1.807) is 7.11 Å². The van der Waals surface area contributed by atoms with Crippen LogP contribution in [0.25, 0.3) is 0 Å². The number of rotatable bonds is 8. The van der Waals surface area contributed by atoms with Crippen molar-refractivity contribution in [2.75, 3.05) is 19.0 Å². The maximum absolute atomic E-state index is 11.3. The third kappa shape index (κ3) is 4.57. The number of nitrogens with zero attached hydrogens (tertiary/aromatic N) is 1. The van der Waals surface area contributed by atoms with Crippen LogP contribution in [0.15, 0.2) is 12.1 Å². The molecule has 0 saturated heterocycles. The van der Waals surface area contributed by atoms with Crippen molar-refractivity contribution in [3.8, 4) is 0 Å². The summed E-state index contributed by atoms with van der Waals surface area (Å²) >= 11 is 6.00. The summed E-state index contributed by atoms with van der Waals surface area (Å²) < 4.78 is 5.07. The van der Waals surface area contributed by atoms with E-state index in [2.05, 4.69) is 5.32 Å². The molecule has 1 aromatic carbocycles. The lowest BCUT2D eigenvalue weighted by Gasteiger charge is -2.20. The fraction of sp³-hybridized carbons (Fsp3) is 0.462. The molecule has 0 aromatic heterocycles. The maximum atomic E-state index is 11.3. The Hall–Kier alpha value is -1.86. The molecule has 0 aliphatic rings. The Labute approximate surface area is 127 Å². The molecule has 1 rings (SSSR count). The second kappa shape index (κ2) is 7.80. The quantitative estimate of drug-likeness (QED) is 0.564. The number of nitro benzene ring substituents is 1. The Balaban J connectivity index is 3.20. The van der Waals surface area contributed by atoms with Gasteiger partial charge in [-0.2, -0.15) is 0 Å².